The first-order valence-corrected chi connectivity index (χ1v) is 12.9. The maximum Gasteiger partial charge on any atom is 0.261 e. The van der Waals surface area contributed by atoms with Crippen molar-refractivity contribution in [2.45, 2.75) is 44.4 Å². The number of methoxy groups -OCH3 is 2. The third-order valence-corrected chi connectivity index (χ3v) is 11.3. The highest BCUT2D eigenvalue weighted by Gasteiger charge is 2.51. The molecule has 0 spiro atoms. The van der Waals surface area contributed by atoms with Crippen LogP contribution in [0.25, 0.3) is 0 Å². The zero-order chi connectivity index (χ0) is 22.3. The van der Waals surface area contributed by atoms with Crippen molar-refractivity contribution < 1.29 is 18.6 Å². The molecule has 1 unspecified atom stereocenters. The first-order valence-electron chi connectivity index (χ1n) is 11.0. The van der Waals surface area contributed by atoms with Crippen LogP contribution in [0.2, 0.25) is 5.04 Å². The van der Waals surface area contributed by atoms with E-state index in [4.69, 9.17) is 18.6 Å². The third-order valence-electron chi connectivity index (χ3n) is 6.25. The van der Waals surface area contributed by atoms with Crippen LogP contribution in [0.15, 0.2) is 73.0 Å². The lowest BCUT2D eigenvalue weighted by Gasteiger charge is -2.43. The fourth-order valence-electron chi connectivity index (χ4n) is 4.70. The van der Waals surface area contributed by atoms with E-state index in [9.17, 15) is 0 Å². The van der Waals surface area contributed by atoms with Crippen molar-refractivity contribution >= 4 is 18.7 Å². The molecule has 1 aliphatic heterocycles. The highest BCUT2D eigenvalue weighted by atomic mass is 28.4. The monoisotopic (exact) mass is 440 g/mol. The predicted molar refractivity (Wildman–Crippen MR) is 128 cm³/mol. The van der Waals surface area contributed by atoms with Crippen LogP contribution < -0.4 is 10.4 Å². The molecule has 3 rings (SSSR count). The van der Waals surface area contributed by atoms with Crippen molar-refractivity contribution in [2.24, 2.45) is 5.92 Å². The summed E-state index contributed by atoms with van der Waals surface area (Å²) >= 11 is 0. The van der Waals surface area contributed by atoms with Crippen LogP contribution in [-0.4, -0.2) is 48.0 Å². The predicted octanol–water partition coefficient (Wildman–Crippen LogP) is 4.14. The van der Waals surface area contributed by atoms with Crippen molar-refractivity contribution in [2.75, 3.05) is 27.4 Å². The van der Waals surface area contributed by atoms with Gasteiger partial charge in [0, 0.05) is 13.0 Å². The molecule has 31 heavy (non-hydrogen) atoms. The van der Waals surface area contributed by atoms with Gasteiger partial charge in [-0.05, 0) is 27.9 Å². The van der Waals surface area contributed by atoms with Gasteiger partial charge in [-0.15, -0.1) is 0 Å². The summed E-state index contributed by atoms with van der Waals surface area (Å²) in [5, 5.41) is 2.51. The number of benzene rings is 2. The van der Waals surface area contributed by atoms with Gasteiger partial charge in [0.2, 0.25) is 0 Å². The minimum absolute atomic E-state index is 0.0203. The minimum Gasteiger partial charge on any atom is -0.505 e. The van der Waals surface area contributed by atoms with Gasteiger partial charge in [-0.25, -0.2) is 0 Å². The van der Waals surface area contributed by atoms with Crippen molar-refractivity contribution in [1.29, 1.82) is 0 Å². The van der Waals surface area contributed by atoms with Gasteiger partial charge in [-0.1, -0.05) is 81.4 Å². The smallest absolute Gasteiger partial charge is 0.261 e. The molecule has 5 heteroatoms. The van der Waals surface area contributed by atoms with E-state index in [-0.39, 0.29) is 23.2 Å². The van der Waals surface area contributed by atoms with Gasteiger partial charge in [-0.3, -0.25) is 0 Å². The lowest BCUT2D eigenvalue weighted by Crippen LogP contribution is -2.67. The summed E-state index contributed by atoms with van der Waals surface area (Å²) in [6, 6.07) is 21.5. The number of hydrogen-bond acceptors (Lipinski definition) is 4. The van der Waals surface area contributed by atoms with Gasteiger partial charge < -0.3 is 18.6 Å². The molecule has 0 bridgehead atoms. The van der Waals surface area contributed by atoms with E-state index in [1.165, 1.54) is 10.4 Å². The first-order chi connectivity index (χ1) is 14.9. The molecule has 0 aliphatic carbocycles. The highest BCUT2D eigenvalue weighted by Crippen LogP contribution is 2.38. The van der Waals surface area contributed by atoms with E-state index in [0.717, 1.165) is 6.42 Å². The molecule has 0 aromatic heterocycles. The Balaban J connectivity index is 1.95. The molecule has 0 N–H and O–H groups in total. The quantitative estimate of drug-likeness (QED) is 0.434. The van der Waals surface area contributed by atoms with Crippen LogP contribution in [0.4, 0.5) is 0 Å². The highest BCUT2D eigenvalue weighted by molar-refractivity contribution is 6.99. The van der Waals surface area contributed by atoms with Gasteiger partial charge in [0.25, 0.3) is 8.32 Å². The molecular formula is C26H36O4Si. The molecule has 2 aromatic carbocycles. The van der Waals surface area contributed by atoms with E-state index in [1.807, 2.05) is 6.08 Å². The summed E-state index contributed by atoms with van der Waals surface area (Å²) in [5.74, 6) is 0.231. The molecule has 3 atom stereocenters. The third kappa shape index (κ3) is 5.12. The second kappa shape index (κ2) is 10.6. The van der Waals surface area contributed by atoms with E-state index in [0.29, 0.717) is 13.2 Å². The van der Waals surface area contributed by atoms with Crippen LogP contribution >= 0.6 is 0 Å². The Bertz CT molecular complexity index is 777. The van der Waals surface area contributed by atoms with Crippen molar-refractivity contribution in [3.63, 3.8) is 0 Å². The van der Waals surface area contributed by atoms with E-state index < -0.39 is 8.32 Å². The van der Waals surface area contributed by atoms with Crippen molar-refractivity contribution in [3.05, 3.63) is 73.0 Å². The Hall–Kier alpha value is -1.92. The number of allylic oxidation sites excluding steroid dienone is 1. The summed E-state index contributed by atoms with van der Waals surface area (Å²) < 4.78 is 24.1. The Labute approximate surface area is 188 Å². The van der Waals surface area contributed by atoms with Crippen molar-refractivity contribution in [3.8, 4) is 0 Å². The van der Waals surface area contributed by atoms with E-state index in [1.54, 1.807) is 20.5 Å². The Kier molecular flexibility index (Phi) is 8.11. The molecule has 1 saturated heterocycles. The molecule has 0 amide bonds. The standard InChI is InChI=1S/C26H36O4Si/c1-26(2,3)31(21-13-8-6-9-14-21,22-15-10-7-11-16-22)30-20-25-23(17-12-18-27-4)24(28-5)19-29-25/h6-16,18,23-25H,17,19-20H2,1-5H3/t23-,24?,25+/m1/s1. The average molecular weight is 441 g/mol. The van der Waals surface area contributed by atoms with Gasteiger partial charge in [0.15, 0.2) is 0 Å². The zero-order valence-corrected chi connectivity index (χ0v) is 20.4. The van der Waals surface area contributed by atoms with Crippen LogP contribution in [0.5, 0.6) is 0 Å². The number of rotatable bonds is 9. The molecule has 1 fully saturated rings. The summed E-state index contributed by atoms with van der Waals surface area (Å²) in [6.07, 6.45) is 4.65. The van der Waals surface area contributed by atoms with Crippen LogP contribution in [0.1, 0.15) is 27.2 Å². The van der Waals surface area contributed by atoms with Gasteiger partial charge >= 0.3 is 0 Å². The Morgan fingerprint density at radius 2 is 1.55 bits per heavy atom. The van der Waals surface area contributed by atoms with Crippen molar-refractivity contribution in [1.82, 2.24) is 0 Å². The normalized spacial score (nSPS) is 22.2. The Morgan fingerprint density at radius 1 is 0.968 bits per heavy atom. The molecule has 4 nitrogen and oxygen atoms in total. The number of hydrogen-bond donors (Lipinski definition) is 0. The summed E-state index contributed by atoms with van der Waals surface area (Å²) in [6.45, 7) is 8.03. The Morgan fingerprint density at radius 3 is 2.03 bits per heavy atom. The van der Waals surface area contributed by atoms with Gasteiger partial charge in [0.05, 0.1) is 38.8 Å². The van der Waals surface area contributed by atoms with Crippen LogP contribution in [-0.2, 0) is 18.6 Å². The summed E-state index contributed by atoms with van der Waals surface area (Å²) in [5.41, 5.74) is 0. The van der Waals surface area contributed by atoms with Crippen LogP contribution in [0, 0.1) is 5.92 Å². The topological polar surface area (TPSA) is 36.9 Å². The maximum absolute atomic E-state index is 7.08. The minimum atomic E-state index is -2.58. The summed E-state index contributed by atoms with van der Waals surface area (Å²) in [4.78, 5) is 0. The second-order valence-corrected chi connectivity index (χ2v) is 13.4. The SMILES string of the molecule is COC=CC[C@@H]1C(OC)CO[C@H]1CO[Si](c1ccccc1)(c1ccccc1)C(C)(C)C. The lowest BCUT2D eigenvalue weighted by atomic mass is 9.95. The molecule has 2 aromatic rings. The zero-order valence-electron chi connectivity index (χ0n) is 19.4. The second-order valence-electron chi connectivity index (χ2n) is 9.13. The fraction of sp³-hybridized carbons (Fsp3) is 0.462. The lowest BCUT2D eigenvalue weighted by molar-refractivity contribution is 0.0441. The molecule has 0 saturated carbocycles. The first kappa shape index (κ1) is 23.7. The largest absolute Gasteiger partial charge is 0.505 e. The molecule has 1 aliphatic rings. The molecule has 168 valence electrons. The van der Waals surface area contributed by atoms with E-state index in [2.05, 4.69) is 81.4 Å². The summed E-state index contributed by atoms with van der Waals surface area (Å²) in [7, 11) is 0.842. The molecule has 0 radical (unpaired) electrons. The van der Waals surface area contributed by atoms with Gasteiger partial charge in [-0.2, -0.15) is 0 Å². The van der Waals surface area contributed by atoms with Crippen LogP contribution in [0.3, 0.4) is 0 Å². The molecule has 1 heterocycles. The maximum atomic E-state index is 7.08. The molecular weight excluding hydrogens is 404 g/mol. The van der Waals surface area contributed by atoms with Gasteiger partial charge in [0.1, 0.15) is 0 Å². The van der Waals surface area contributed by atoms with E-state index >= 15 is 0 Å². The average Bonchev–Trinajstić information content (AvgIpc) is 3.17. The fourth-order valence-corrected chi connectivity index (χ4v) is 9.27. The number of ether oxygens (including phenoxy) is 3.